The lowest BCUT2D eigenvalue weighted by atomic mass is 10.0. The summed E-state index contributed by atoms with van der Waals surface area (Å²) in [4.78, 5) is 40.5. The van der Waals surface area contributed by atoms with Crippen molar-refractivity contribution < 1.29 is 19.1 Å². The highest BCUT2D eigenvalue weighted by Crippen LogP contribution is 2.36. The van der Waals surface area contributed by atoms with Crippen LogP contribution in [0.2, 0.25) is 0 Å². The highest BCUT2D eigenvalue weighted by molar-refractivity contribution is 14.1. The standard InChI is InChI=1S/C19H17N5O2.C12H9IN4O.C7H9NO.CH4/c1-26-14-4-2-3-12(8-14)22-13-5-6-15-16(9-13)23-17(25)7-11-10-21-19(20)24-18(11)15;13-7-1-2-8-9(4-7)16-10(18)3-6-5-15-12(14)17-11(6)8;1-9-7-4-2-3-6(8)5-7;/h2-6,8-10,22H,7H2,1H3,(H,23,25)(H2,20,21,24);1-2,4-5H,3H2,(H,16,18)(H2,14,15,17);2-5H,8H2,1H3;1H4. The van der Waals surface area contributed by atoms with Crippen LogP contribution in [-0.2, 0) is 22.4 Å². The molecule has 0 atom stereocenters. The molecule has 6 aromatic rings. The van der Waals surface area contributed by atoms with E-state index in [4.69, 9.17) is 26.7 Å². The monoisotopic (exact) mass is 838 g/mol. The highest BCUT2D eigenvalue weighted by atomic mass is 127. The summed E-state index contributed by atoms with van der Waals surface area (Å²) >= 11 is 2.20. The first-order valence-corrected chi connectivity index (χ1v) is 17.2. The zero-order valence-electron chi connectivity index (χ0n) is 28.7. The van der Waals surface area contributed by atoms with E-state index >= 15 is 0 Å². The molecule has 0 radical (unpaired) electrons. The lowest BCUT2D eigenvalue weighted by Crippen LogP contribution is -2.13. The molecule has 4 heterocycles. The average Bonchev–Trinajstić information content (AvgIpc) is 3.36. The molecular formula is C39H39IN10O4. The number of aromatic nitrogens is 4. The number of rotatable bonds is 4. The minimum Gasteiger partial charge on any atom is -0.497 e. The molecule has 2 aliphatic rings. The predicted molar refractivity (Wildman–Crippen MR) is 222 cm³/mol. The normalized spacial score (nSPS) is 11.9. The topological polar surface area (TPSA) is 218 Å². The number of amides is 2. The number of nitrogen functional groups attached to an aromatic ring is 3. The highest BCUT2D eigenvalue weighted by Gasteiger charge is 2.22. The van der Waals surface area contributed by atoms with Crippen LogP contribution in [0.3, 0.4) is 0 Å². The van der Waals surface area contributed by atoms with Crippen molar-refractivity contribution in [1.29, 1.82) is 0 Å². The number of methoxy groups -OCH3 is 2. The summed E-state index contributed by atoms with van der Waals surface area (Å²) in [6, 6.07) is 26.5. The Morgan fingerprint density at radius 2 is 1.19 bits per heavy atom. The van der Waals surface area contributed by atoms with E-state index in [2.05, 4.69) is 58.5 Å². The number of ether oxygens (including phenoxy) is 2. The molecule has 0 saturated carbocycles. The van der Waals surface area contributed by atoms with E-state index in [1.54, 1.807) is 32.7 Å². The van der Waals surface area contributed by atoms with Gasteiger partial charge in [-0.1, -0.05) is 19.6 Å². The molecule has 14 nitrogen and oxygen atoms in total. The van der Waals surface area contributed by atoms with Crippen LogP contribution in [0, 0.1) is 3.57 Å². The van der Waals surface area contributed by atoms with Gasteiger partial charge in [-0.15, -0.1) is 0 Å². The number of halogens is 1. The maximum atomic E-state index is 12.2. The van der Waals surface area contributed by atoms with Gasteiger partial charge in [0.05, 0.1) is 49.8 Å². The molecule has 0 saturated heterocycles. The Hall–Kier alpha value is -6.49. The first kappa shape index (κ1) is 38.7. The van der Waals surface area contributed by atoms with E-state index < -0.39 is 0 Å². The van der Waals surface area contributed by atoms with Crippen LogP contribution in [0.5, 0.6) is 11.5 Å². The second kappa shape index (κ2) is 17.4. The summed E-state index contributed by atoms with van der Waals surface area (Å²) in [5, 5.41) is 9.11. The summed E-state index contributed by atoms with van der Waals surface area (Å²) in [5.41, 5.74) is 25.4. The van der Waals surface area contributed by atoms with Crippen LogP contribution in [-0.4, -0.2) is 46.0 Å². The van der Waals surface area contributed by atoms with Crippen LogP contribution < -0.4 is 42.6 Å². The summed E-state index contributed by atoms with van der Waals surface area (Å²) in [7, 11) is 3.25. The summed E-state index contributed by atoms with van der Waals surface area (Å²) in [6.45, 7) is 0. The van der Waals surface area contributed by atoms with Gasteiger partial charge in [0.15, 0.2) is 0 Å². The molecule has 276 valence electrons. The Kier molecular flexibility index (Phi) is 12.4. The maximum absolute atomic E-state index is 12.2. The molecule has 0 unspecified atom stereocenters. The molecule has 2 aliphatic heterocycles. The first-order chi connectivity index (χ1) is 25.6. The predicted octanol–water partition coefficient (Wildman–Crippen LogP) is 6.71. The third-order valence-electron chi connectivity index (χ3n) is 7.98. The molecule has 54 heavy (non-hydrogen) atoms. The van der Waals surface area contributed by atoms with Crippen LogP contribution in [0.25, 0.3) is 22.5 Å². The van der Waals surface area contributed by atoms with Crippen molar-refractivity contribution in [3.05, 3.63) is 112 Å². The third-order valence-corrected chi connectivity index (χ3v) is 8.65. The van der Waals surface area contributed by atoms with Crippen molar-refractivity contribution in [3.8, 4) is 34.0 Å². The van der Waals surface area contributed by atoms with Gasteiger partial charge in [-0.3, -0.25) is 9.59 Å². The van der Waals surface area contributed by atoms with E-state index in [0.29, 0.717) is 11.4 Å². The minimum absolute atomic E-state index is 0. The van der Waals surface area contributed by atoms with E-state index in [1.165, 1.54) is 0 Å². The largest absolute Gasteiger partial charge is 0.497 e. The van der Waals surface area contributed by atoms with Gasteiger partial charge < -0.3 is 42.6 Å². The van der Waals surface area contributed by atoms with Crippen molar-refractivity contribution in [2.75, 3.05) is 47.4 Å². The van der Waals surface area contributed by atoms with Crippen LogP contribution in [0.4, 0.5) is 40.3 Å². The van der Waals surface area contributed by atoms with Gasteiger partial charge >= 0.3 is 0 Å². The zero-order valence-corrected chi connectivity index (χ0v) is 30.8. The number of nitrogens with two attached hydrogens (primary N) is 3. The van der Waals surface area contributed by atoms with Gasteiger partial charge in [0, 0.05) is 67.4 Å². The number of hydrogen-bond donors (Lipinski definition) is 6. The van der Waals surface area contributed by atoms with E-state index in [0.717, 1.165) is 65.8 Å². The first-order valence-electron chi connectivity index (χ1n) is 16.2. The molecule has 2 aromatic heterocycles. The molecule has 2 amide bonds. The summed E-state index contributed by atoms with van der Waals surface area (Å²) < 4.78 is 11.2. The fourth-order valence-corrected chi connectivity index (χ4v) is 6.06. The van der Waals surface area contributed by atoms with Crippen molar-refractivity contribution in [1.82, 2.24) is 19.9 Å². The van der Waals surface area contributed by atoms with Crippen LogP contribution >= 0.6 is 22.6 Å². The van der Waals surface area contributed by atoms with Gasteiger partial charge in [0.2, 0.25) is 23.7 Å². The molecule has 0 spiro atoms. The fourth-order valence-electron chi connectivity index (χ4n) is 5.57. The lowest BCUT2D eigenvalue weighted by molar-refractivity contribution is -0.116. The molecule has 0 aliphatic carbocycles. The quantitative estimate of drug-likeness (QED) is 0.0807. The Bertz CT molecular complexity index is 2320. The molecule has 8 rings (SSSR count). The van der Waals surface area contributed by atoms with Gasteiger partial charge in [-0.25, -0.2) is 19.9 Å². The minimum atomic E-state index is -0.114. The van der Waals surface area contributed by atoms with Crippen molar-refractivity contribution >= 4 is 74.7 Å². The average molecular weight is 839 g/mol. The molecular weight excluding hydrogens is 799 g/mol. The maximum Gasteiger partial charge on any atom is 0.228 e. The van der Waals surface area contributed by atoms with Crippen molar-refractivity contribution in [2.45, 2.75) is 20.3 Å². The Morgan fingerprint density at radius 1 is 0.667 bits per heavy atom. The lowest BCUT2D eigenvalue weighted by Gasteiger charge is -2.13. The Labute approximate surface area is 326 Å². The van der Waals surface area contributed by atoms with Gasteiger partial charge in [-0.2, -0.15) is 0 Å². The third kappa shape index (κ3) is 9.48. The smallest absolute Gasteiger partial charge is 0.228 e. The molecule has 15 heteroatoms. The van der Waals surface area contributed by atoms with Gasteiger partial charge in [0.1, 0.15) is 11.5 Å². The molecule has 4 aromatic carbocycles. The number of fused-ring (bicyclic) bond motifs is 6. The number of anilines is 7. The van der Waals surface area contributed by atoms with Crippen LogP contribution in [0.1, 0.15) is 18.6 Å². The van der Waals surface area contributed by atoms with Crippen molar-refractivity contribution in [2.24, 2.45) is 0 Å². The Morgan fingerprint density at radius 3 is 1.74 bits per heavy atom. The van der Waals surface area contributed by atoms with Crippen molar-refractivity contribution in [3.63, 3.8) is 0 Å². The molecule has 9 N–H and O–H groups in total. The second-order valence-corrected chi connectivity index (χ2v) is 13.0. The second-order valence-electron chi connectivity index (χ2n) is 11.7. The fraction of sp³-hybridized carbons (Fsp3) is 0.128. The number of hydrogen-bond acceptors (Lipinski definition) is 12. The van der Waals surface area contributed by atoms with Gasteiger partial charge in [-0.05, 0) is 83.3 Å². The number of carbonyl (C=O) groups excluding carboxylic acids is 2. The summed E-state index contributed by atoms with van der Waals surface area (Å²) in [5.74, 6) is 1.78. The van der Waals surface area contributed by atoms with Crippen LogP contribution in [0.15, 0.2) is 97.3 Å². The number of carbonyl (C=O) groups is 2. The Balaban J connectivity index is 0.000000173. The number of benzene rings is 4. The number of nitrogens with one attached hydrogen (secondary N) is 3. The van der Waals surface area contributed by atoms with Gasteiger partial charge in [0.25, 0.3) is 0 Å². The number of nitrogens with zero attached hydrogens (tertiary/aromatic N) is 4. The molecule has 0 bridgehead atoms. The van der Waals surface area contributed by atoms with E-state index in [9.17, 15) is 9.59 Å². The zero-order chi connectivity index (χ0) is 37.5. The SMILES string of the molecule is C.COc1cccc(N)c1.COc1cccc(Nc2ccc3c(c2)NC(=O)Cc2cnc(N)nc2-3)c1.Nc1ncc2c(n1)-c1ccc(I)cc1NC(=O)C2. The van der Waals surface area contributed by atoms with E-state index in [1.807, 2.05) is 78.9 Å². The van der Waals surface area contributed by atoms with E-state index in [-0.39, 0.29) is 44.0 Å². The molecule has 0 fully saturated rings. The summed E-state index contributed by atoms with van der Waals surface area (Å²) in [6.07, 6.45) is 3.70.